The van der Waals surface area contributed by atoms with Crippen LogP contribution in [0.4, 0.5) is 8.78 Å². The van der Waals surface area contributed by atoms with Crippen molar-refractivity contribution in [2.24, 2.45) is 0 Å². The van der Waals surface area contributed by atoms with E-state index in [0.29, 0.717) is 28.2 Å². The van der Waals surface area contributed by atoms with Gasteiger partial charge in [0, 0.05) is 5.56 Å². The molecule has 7 nitrogen and oxygen atoms in total. The average Bonchev–Trinajstić information content (AvgIpc) is 3.50. The molecule has 0 spiro atoms. The van der Waals surface area contributed by atoms with Crippen LogP contribution in [0, 0.1) is 11.3 Å². The lowest BCUT2D eigenvalue weighted by molar-refractivity contribution is -0.0498. The first-order chi connectivity index (χ1) is 18.4. The van der Waals surface area contributed by atoms with Gasteiger partial charge in [0.1, 0.15) is 22.1 Å². The zero-order valence-electron chi connectivity index (χ0n) is 19.6. The van der Waals surface area contributed by atoms with Crippen molar-refractivity contribution in [1.82, 2.24) is 4.57 Å². The number of carbonyl (C=O) groups excluding carboxylic acids is 1. The maximum absolute atomic E-state index is 13.6. The zero-order valence-corrected chi connectivity index (χ0v) is 20.4. The van der Waals surface area contributed by atoms with Crippen molar-refractivity contribution < 1.29 is 27.8 Å². The quantitative estimate of drug-likeness (QED) is 0.338. The summed E-state index contributed by atoms with van der Waals surface area (Å²) in [5.74, 6) is 0.602. The van der Waals surface area contributed by atoms with Gasteiger partial charge in [-0.1, -0.05) is 48.5 Å². The highest BCUT2D eigenvalue weighted by Gasteiger charge is 2.19. The topological polar surface area (TPSA) is 90.6 Å². The number of alkyl halides is 2. The number of nitrogens with zero attached hydrogens (tertiary/aromatic N) is 2. The molecule has 1 aliphatic rings. The van der Waals surface area contributed by atoms with Crippen LogP contribution in [0.1, 0.15) is 21.5 Å². The Morgan fingerprint density at radius 3 is 2.53 bits per heavy atom. The molecule has 0 atom stereocenters. The van der Waals surface area contributed by atoms with Crippen LogP contribution in [-0.4, -0.2) is 23.8 Å². The summed E-state index contributed by atoms with van der Waals surface area (Å²) in [7, 11) is 0. The summed E-state index contributed by atoms with van der Waals surface area (Å²) in [4.78, 5) is 26.8. The van der Waals surface area contributed by atoms with Crippen LogP contribution in [0.2, 0.25) is 0 Å². The first kappa shape index (κ1) is 24.9. The van der Waals surface area contributed by atoms with Gasteiger partial charge < -0.3 is 14.2 Å². The van der Waals surface area contributed by atoms with Gasteiger partial charge in [0.15, 0.2) is 11.5 Å². The van der Waals surface area contributed by atoms with Gasteiger partial charge in [-0.05, 0) is 41.5 Å². The van der Waals surface area contributed by atoms with Crippen LogP contribution in [0.15, 0.2) is 77.6 Å². The number of hydrogen-bond acceptors (Lipinski definition) is 7. The first-order valence-corrected chi connectivity index (χ1v) is 12.1. The Morgan fingerprint density at radius 2 is 1.82 bits per heavy atom. The zero-order chi connectivity index (χ0) is 26.6. The highest BCUT2D eigenvalue weighted by Crippen LogP contribution is 2.32. The first-order valence-electron chi connectivity index (χ1n) is 11.3. The van der Waals surface area contributed by atoms with Crippen molar-refractivity contribution in [3.63, 3.8) is 0 Å². The standard InChI is InChI=1S/C28H18F2N2O5S/c29-28(30)37-20-9-6-17(7-10-20)13-24-26(34)32(15-18-8-11-22-23(12-18)36-16-35-22)27(38-24)21(14-31)25(33)19-4-2-1-3-5-19/h1-13,28H,15-16H2. The number of carbonyl (C=O) groups is 1. The van der Waals surface area contributed by atoms with E-state index < -0.39 is 18.0 Å². The van der Waals surface area contributed by atoms with E-state index >= 15 is 0 Å². The number of nitriles is 1. The predicted octanol–water partition coefficient (Wildman–Crippen LogP) is 3.67. The molecule has 0 saturated carbocycles. The summed E-state index contributed by atoms with van der Waals surface area (Å²) in [5, 5.41) is 9.98. The maximum atomic E-state index is 13.6. The van der Waals surface area contributed by atoms with Crippen LogP contribution in [0.25, 0.3) is 11.6 Å². The predicted molar refractivity (Wildman–Crippen MR) is 136 cm³/mol. The van der Waals surface area contributed by atoms with E-state index in [-0.39, 0.29) is 33.9 Å². The molecule has 190 valence electrons. The number of ketones is 1. The van der Waals surface area contributed by atoms with Crippen molar-refractivity contribution in [3.8, 4) is 23.3 Å². The number of halogens is 2. The van der Waals surface area contributed by atoms with E-state index in [0.717, 1.165) is 11.3 Å². The third-order valence-electron chi connectivity index (χ3n) is 5.68. The fourth-order valence-electron chi connectivity index (χ4n) is 3.90. The minimum Gasteiger partial charge on any atom is -0.454 e. The number of aromatic nitrogens is 1. The van der Waals surface area contributed by atoms with Gasteiger partial charge in [0.2, 0.25) is 12.6 Å². The molecular formula is C28H18F2N2O5S. The molecule has 0 amide bonds. The number of hydrogen-bond donors (Lipinski definition) is 0. The molecule has 10 heteroatoms. The van der Waals surface area contributed by atoms with Gasteiger partial charge in [-0.3, -0.25) is 14.2 Å². The van der Waals surface area contributed by atoms with Crippen molar-refractivity contribution in [2.45, 2.75) is 13.2 Å². The summed E-state index contributed by atoms with van der Waals surface area (Å²) in [5.41, 5.74) is 1.00. The molecule has 0 N–H and O–H groups in total. The number of fused-ring (bicyclic) bond motifs is 1. The van der Waals surface area contributed by atoms with Gasteiger partial charge in [-0.25, -0.2) is 0 Å². The summed E-state index contributed by atoms with van der Waals surface area (Å²) in [6.45, 7) is -2.78. The van der Waals surface area contributed by atoms with Crippen LogP contribution in [0.3, 0.4) is 0 Å². The van der Waals surface area contributed by atoms with Gasteiger partial charge in [0.25, 0.3) is 5.56 Å². The third-order valence-corrected chi connectivity index (χ3v) is 6.81. The average molecular weight is 533 g/mol. The Balaban J connectivity index is 1.65. The lowest BCUT2D eigenvalue weighted by Crippen LogP contribution is -2.33. The van der Waals surface area contributed by atoms with Gasteiger partial charge >= 0.3 is 6.61 Å². The van der Waals surface area contributed by atoms with E-state index in [1.165, 1.54) is 28.8 Å². The molecule has 1 aromatic heterocycles. The van der Waals surface area contributed by atoms with E-state index in [4.69, 9.17) is 9.47 Å². The molecule has 0 radical (unpaired) electrons. The molecule has 38 heavy (non-hydrogen) atoms. The minimum absolute atomic E-state index is 0.0159. The van der Waals surface area contributed by atoms with E-state index in [2.05, 4.69) is 4.74 Å². The second-order valence-corrected chi connectivity index (χ2v) is 9.15. The van der Waals surface area contributed by atoms with Gasteiger partial charge in [0.05, 0.1) is 11.1 Å². The fraction of sp³-hybridized carbons (Fsp3) is 0.107. The highest BCUT2D eigenvalue weighted by molar-refractivity contribution is 7.07. The molecule has 0 saturated heterocycles. The largest absolute Gasteiger partial charge is 0.454 e. The van der Waals surface area contributed by atoms with Crippen molar-refractivity contribution in [1.29, 1.82) is 5.26 Å². The summed E-state index contributed by atoms with van der Waals surface area (Å²) < 4.78 is 41.9. The molecule has 0 bridgehead atoms. The van der Waals surface area contributed by atoms with E-state index in [1.54, 1.807) is 54.6 Å². The molecule has 0 unspecified atom stereocenters. The number of ether oxygens (including phenoxy) is 3. The van der Waals surface area contributed by atoms with Crippen molar-refractivity contribution in [3.05, 3.63) is 109 Å². The van der Waals surface area contributed by atoms with Crippen molar-refractivity contribution in [2.75, 3.05) is 6.79 Å². The van der Waals surface area contributed by atoms with E-state index in [9.17, 15) is 23.6 Å². The lowest BCUT2D eigenvalue weighted by atomic mass is 10.1. The van der Waals surface area contributed by atoms with Gasteiger partial charge in [-0.15, -0.1) is 11.3 Å². The Bertz CT molecular complexity index is 1720. The number of Topliss-reactive ketones (excluding diaryl/α,β-unsaturated/α-hetero) is 1. The number of benzene rings is 3. The minimum atomic E-state index is -2.95. The van der Waals surface area contributed by atoms with Crippen LogP contribution >= 0.6 is 11.3 Å². The molecule has 1 aliphatic heterocycles. The van der Waals surface area contributed by atoms with E-state index in [1.807, 2.05) is 6.07 Å². The maximum Gasteiger partial charge on any atom is 0.387 e. The summed E-state index contributed by atoms with van der Waals surface area (Å²) in [6, 6.07) is 21.4. The van der Waals surface area contributed by atoms with Crippen LogP contribution in [-0.2, 0) is 6.54 Å². The molecule has 4 aromatic rings. The SMILES string of the molecule is N#CC(C(=O)c1ccccc1)=c1sc(=Cc2ccc(OC(F)F)cc2)c(=O)n1Cc1ccc2c(c1)OCO2. The normalized spacial score (nSPS) is 13.4. The monoisotopic (exact) mass is 532 g/mol. The number of thiazole rings is 1. The fourth-order valence-corrected chi connectivity index (χ4v) is 5.00. The molecular weight excluding hydrogens is 514 g/mol. The van der Waals surface area contributed by atoms with Crippen LogP contribution in [0.5, 0.6) is 17.2 Å². The molecule has 0 fully saturated rings. The van der Waals surface area contributed by atoms with Crippen LogP contribution < -0.4 is 29.0 Å². The molecule has 3 aromatic carbocycles. The Hall–Kier alpha value is -4.75. The second-order valence-electron chi connectivity index (χ2n) is 8.12. The number of rotatable bonds is 7. The van der Waals surface area contributed by atoms with Crippen molar-refractivity contribution >= 4 is 28.8 Å². The smallest absolute Gasteiger partial charge is 0.387 e. The summed E-state index contributed by atoms with van der Waals surface area (Å²) in [6.07, 6.45) is 1.57. The second kappa shape index (κ2) is 10.7. The Labute approximate surface area is 218 Å². The Kier molecular flexibility index (Phi) is 7.02. The summed E-state index contributed by atoms with van der Waals surface area (Å²) >= 11 is 1.00. The highest BCUT2D eigenvalue weighted by atomic mass is 32.1. The molecule has 0 aliphatic carbocycles. The van der Waals surface area contributed by atoms with Gasteiger partial charge in [-0.2, -0.15) is 14.0 Å². The Morgan fingerprint density at radius 1 is 1.08 bits per heavy atom. The molecule has 5 rings (SSSR count). The lowest BCUT2D eigenvalue weighted by Gasteiger charge is -2.06. The third kappa shape index (κ3) is 5.19. The molecule has 2 heterocycles.